The Morgan fingerprint density at radius 1 is 1.37 bits per heavy atom. The number of anilines is 1. The predicted octanol–water partition coefficient (Wildman–Crippen LogP) is 0.775. The molecule has 0 atom stereocenters. The highest BCUT2D eigenvalue weighted by Gasteiger charge is 2.14. The lowest BCUT2D eigenvalue weighted by Crippen LogP contribution is -2.14. The van der Waals surface area contributed by atoms with E-state index in [2.05, 4.69) is 15.1 Å². The first-order valence-corrected chi connectivity index (χ1v) is 5.89. The van der Waals surface area contributed by atoms with Crippen LogP contribution in [0.25, 0.3) is 5.82 Å². The Balaban J connectivity index is 2.52. The molecule has 0 saturated carbocycles. The normalized spacial score (nSPS) is 10.9. The molecule has 0 bridgehead atoms. The van der Waals surface area contributed by atoms with Crippen molar-refractivity contribution >= 4 is 11.6 Å². The van der Waals surface area contributed by atoms with Gasteiger partial charge in [-0.3, -0.25) is 4.79 Å². The van der Waals surface area contributed by atoms with Crippen molar-refractivity contribution in [1.29, 1.82) is 0 Å². The van der Waals surface area contributed by atoms with Crippen LogP contribution in [-0.2, 0) is 0 Å². The summed E-state index contributed by atoms with van der Waals surface area (Å²) in [6, 6.07) is 1.77. The van der Waals surface area contributed by atoms with Crippen molar-refractivity contribution in [3.63, 3.8) is 0 Å². The molecular formula is C12H16N6O. The first kappa shape index (κ1) is 13.0. The Morgan fingerprint density at radius 3 is 2.58 bits per heavy atom. The number of aryl methyl sites for hydroxylation is 1. The number of rotatable bonds is 3. The van der Waals surface area contributed by atoms with Crippen LogP contribution < -0.4 is 11.5 Å². The molecule has 0 aliphatic heterocycles. The van der Waals surface area contributed by atoms with E-state index >= 15 is 0 Å². The molecule has 0 radical (unpaired) electrons. The summed E-state index contributed by atoms with van der Waals surface area (Å²) in [4.78, 5) is 19.9. The molecule has 7 heteroatoms. The van der Waals surface area contributed by atoms with E-state index in [9.17, 15) is 4.79 Å². The predicted molar refractivity (Wildman–Crippen MR) is 70.9 cm³/mol. The molecule has 0 aliphatic rings. The van der Waals surface area contributed by atoms with Gasteiger partial charge in [-0.2, -0.15) is 5.10 Å². The van der Waals surface area contributed by atoms with E-state index in [1.54, 1.807) is 6.07 Å². The van der Waals surface area contributed by atoms with Crippen molar-refractivity contribution in [2.75, 3.05) is 5.73 Å². The molecule has 2 aromatic rings. The highest BCUT2D eigenvalue weighted by molar-refractivity contribution is 5.95. The molecule has 0 fully saturated rings. The largest absolute Gasteiger partial charge is 0.396 e. The van der Waals surface area contributed by atoms with Crippen molar-refractivity contribution in [2.24, 2.45) is 5.73 Å². The third kappa shape index (κ3) is 2.54. The van der Waals surface area contributed by atoms with E-state index in [0.717, 1.165) is 5.69 Å². The number of hydrogen-bond acceptors (Lipinski definition) is 5. The number of nitrogens with two attached hydrogens (primary N) is 2. The maximum atomic E-state index is 11.1. The molecule has 2 aromatic heterocycles. The van der Waals surface area contributed by atoms with Gasteiger partial charge in [0.15, 0.2) is 11.5 Å². The molecule has 0 saturated heterocycles. The van der Waals surface area contributed by atoms with E-state index in [1.807, 2.05) is 20.8 Å². The Labute approximate surface area is 110 Å². The summed E-state index contributed by atoms with van der Waals surface area (Å²) < 4.78 is 1.44. The Kier molecular flexibility index (Phi) is 3.20. The number of nitrogen functional groups attached to an aromatic ring is 1. The minimum Gasteiger partial charge on any atom is -0.396 e. The molecule has 2 heterocycles. The standard InChI is InChI=1S/C12H16N6O/c1-6(2)12-15-7(3)4-9(16-12)18-5-8(13)10(17-18)11(14)19/h4-6H,13H2,1-3H3,(H2,14,19). The minimum absolute atomic E-state index is 0.0439. The zero-order valence-electron chi connectivity index (χ0n) is 11.1. The lowest BCUT2D eigenvalue weighted by Gasteiger charge is -2.07. The van der Waals surface area contributed by atoms with Gasteiger partial charge in [0.25, 0.3) is 5.91 Å². The van der Waals surface area contributed by atoms with E-state index in [-0.39, 0.29) is 17.3 Å². The van der Waals surface area contributed by atoms with Crippen molar-refractivity contribution in [2.45, 2.75) is 26.7 Å². The summed E-state index contributed by atoms with van der Waals surface area (Å²) in [5.41, 5.74) is 12.0. The van der Waals surface area contributed by atoms with Gasteiger partial charge in [-0.25, -0.2) is 14.6 Å². The summed E-state index contributed by atoms with van der Waals surface area (Å²) in [5.74, 6) is 0.813. The zero-order chi connectivity index (χ0) is 14.2. The first-order chi connectivity index (χ1) is 8.88. The summed E-state index contributed by atoms with van der Waals surface area (Å²) in [7, 11) is 0. The third-order valence-electron chi connectivity index (χ3n) is 2.59. The van der Waals surface area contributed by atoms with Crippen molar-refractivity contribution in [3.8, 4) is 5.82 Å². The molecule has 0 unspecified atom stereocenters. The van der Waals surface area contributed by atoms with E-state index < -0.39 is 5.91 Å². The molecule has 0 spiro atoms. The zero-order valence-corrected chi connectivity index (χ0v) is 11.1. The van der Waals surface area contributed by atoms with Crippen LogP contribution in [0, 0.1) is 6.92 Å². The van der Waals surface area contributed by atoms with E-state index in [4.69, 9.17) is 11.5 Å². The van der Waals surface area contributed by atoms with Crippen molar-refractivity contribution in [1.82, 2.24) is 19.7 Å². The minimum atomic E-state index is -0.661. The molecule has 1 amide bonds. The summed E-state index contributed by atoms with van der Waals surface area (Å²) >= 11 is 0. The van der Waals surface area contributed by atoms with Gasteiger partial charge in [-0.15, -0.1) is 0 Å². The molecule has 0 aliphatic carbocycles. The SMILES string of the molecule is Cc1cc(-n2cc(N)c(C(N)=O)n2)nc(C(C)C)n1. The summed E-state index contributed by atoms with van der Waals surface area (Å²) in [6.07, 6.45) is 1.52. The van der Waals surface area contributed by atoms with Gasteiger partial charge in [0.1, 0.15) is 5.82 Å². The van der Waals surface area contributed by atoms with Crippen LogP contribution in [0.1, 0.15) is 41.8 Å². The molecule has 0 aromatic carbocycles. The van der Waals surface area contributed by atoms with Crippen molar-refractivity contribution < 1.29 is 4.79 Å². The third-order valence-corrected chi connectivity index (χ3v) is 2.59. The second kappa shape index (κ2) is 4.68. The lowest BCUT2D eigenvalue weighted by molar-refractivity contribution is 0.0996. The number of aromatic nitrogens is 4. The molecule has 7 nitrogen and oxygen atoms in total. The molecular weight excluding hydrogens is 244 g/mol. The smallest absolute Gasteiger partial charge is 0.271 e. The maximum absolute atomic E-state index is 11.1. The Bertz CT molecular complexity index is 631. The van der Waals surface area contributed by atoms with Gasteiger partial charge in [0.05, 0.1) is 11.9 Å². The second-order valence-electron chi connectivity index (χ2n) is 4.62. The fourth-order valence-corrected chi connectivity index (χ4v) is 1.65. The van der Waals surface area contributed by atoms with Crippen LogP contribution >= 0.6 is 0 Å². The van der Waals surface area contributed by atoms with Gasteiger partial charge in [-0.05, 0) is 6.92 Å². The number of carbonyl (C=O) groups excluding carboxylic acids is 1. The summed E-state index contributed by atoms with van der Waals surface area (Å²) in [5, 5.41) is 4.05. The van der Waals surface area contributed by atoms with Crippen LogP contribution in [0.2, 0.25) is 0 Å². The number of carbonyl (C=O) groups is 1. The van der Waals surface area contributed by atoms with Gasteiger partial charge in [0.2, 0.25) is 0 Å². The molecule has 19 heavy (non-hydrogen) atoms. The Hall–Kier alpha value is -2.44. The fraction of sp³-hybridized carbons (Fsp3) is 0.333. The number of nitrogens with zero attached hydrogens (tertiary/aromatic N) is 4. The van der Waals surface area contributed by atoms with Crippen LogP contribution in [0.5, 0.6) is 0 Å². The number of amides is 1. The second-order valence-corrected chi connectivity index (χ2v) is 4.62. The first-order valence-electron chi connectivity index (χ1n) is 5.89. The molecule has 100 valence electrons. The monoisotopic (exact) mass is 260 g/mol. The topological polar surface area (TPSA) is 113 Å². The van der Waals surface area contributed by atoms with E-state index in [1.165, 1.54) is 10.9 Å². The van der Waals surface area contributed by atoms with Gasteiger partial charge in [0, 0.05) is 17.7 Å². The van der Waals surface area contributed by atoms with E-state index in [0.29, 0.717) is 11.6 Å². The van der Waals surface area contributed by atoms with Gasteiger partial charge >= 0.3 is 0 Å². The highest BCUT2D eigenvalue weighted by Crippen LogP contribution is 2.16. The quantitative estimate of drug-likeness (QED) is 0.846. The lowest BCUT2D eigenvalue weighted by atomic mass is 10.2. The average Bonchev–Trinajstić information content (AvgIpc) is 2.70. The highest BCUT2D eigenvalue weighted by atomic mass is 16.1. The number of hydrogen-bond donors (Lipinski definition) is 2. The van der Waals surface area contributed by atoms with Crippen molar-refractivity contribution in [3.05, 3.63) is 29.5 Å². The fourth-order valence-electron chi connectivity index (χ4n) is 1.65. The van der Waals surface area contributed by atoms with Crippen LogP contribution in [0.3, 0.4) is 0 Å². The van der Waals surface area contributed by atoms with Crippen LogP contribution in [0.15, 0.2) is 12.3 Å². The van der Waals surface area contributed by atoms with Gasteiger partial charge in [-0.1, -0.05) is 13.8 Å². The van der Waals surface area contributed by atoms with Crippen LogP contribution in [-0.4, -0.2) is 25.7 Å². The average molecular weight is 260 g/mol. The Morgan fingerprint density at radius 2 is 2.05 bits per heavy atom. The molecule has 2 rings (SSSR count). The van der Waals surface area contributed by atoms with Gasteiger partial charge < -0.3 is 11.5 Å². The summed E-state index contributed by atoms with van der Waals surface area (Å²) in [6.45, 7) is 5.88. The number of primary amides is 1. The van der Waals surface area contributed by atoms with Crippen LogP contribution in [0.4, 0.5) is 5.69 Å². The maximum Gasteiger partial charge on any atom is 0.271 e. The molecule has 4 N–H and O–H groups in total.